The van der Waals surface area contributed by atoms with Crippen molar-refractivity contribution in [2.24, 2.45) is 5.41 Å². The Hall–Kier alpha value is -0.860. The molecule has 0 aromatic rings. The third-order valence-electron chi connectivity index (χ3n) is 3.01. The van der Waals surface area contributed by atoms with Crippen LogP contribution in [-0.4, -0.2) is 30.2 Å². The fourth-order valence-electron chi connectivity index (χ4n) is 2.31. The molecule has 0 unspecified atom stereocenters. The van der Waals surface area contributed by atoms with Gasteiger partial charge in [0, 0.05) is 38.3 Å². The molecule has 2 fully saturated rings. The van der Waals surface area contributed by atoms with Crippen molar-refractivity contribution in [1.29, 1.82) is 0 Å². The van der Waals surface area contributed by atoms with Crippen LogP contribution in [0.4, 0.5) is 0 Å². The van der Waals surface area contributed by atoms with Crippen molar-refractivity contribution in [1.82, 2.24) is 4.90 Å². The Labute approximate surface area is 71.7 Å². The van der Waals surface area contributed by atoms with Crippen molar-refractivity contribution in [3.05, 3.63) is 0 Å². The number of rotatable bonds is 0. The molecule has 2 aliphatic rings. The first-order chi connectivity index (χ1) is 5.61. The molecule has 0 N–H and O–H groups in total. The molecule has 3 nitrogen and oxygen atoms in total. The Morgan fingerprint density at radius 1 is 1.33 bits per heavy atom. The minimum Gasteiger partial charge on any atom is -0.345 e. The van der Waals surface area contributed by atoms with Gasteiger partial charge in [0.25, 0.3) is 0 Å². The largest absolute Gasteiger partial charge is 0.345 e. The number of amides is 1. The van der Waals surface area contributed by atoms with Crippen LogP contribution >= 0.6 is 0 Å². The molecular formula is C9H13NO2. The molecule has 0 atom stereocenters. The van der Waals surface area contributed by atoms with Gasteiger partial charge in [-0.1, -0.05) is 0 Å². The van der Waals surface area contributed by atoms with Crippen molar-refractivity contribution in [3.63, 3.8) is 0 Å². The highest BCUT2D eigenvalue weighted by atomic mass is 16.2. The van der Waals surface area contributed by atoms with Crippen molar-refractivity contribution < 1.29 is 9.59 Å². The van der Waals surface area contributed by atoms with E-state index in [2.05, 4.69) is 0 Å². The Balaban J connectivity index is 2.03. The number of carbonyl (C=O) groups is 2. The lowest BCUT2D eigenvalue weighted by molar-refractivity contribution is -0.146. The summed E-state index contributed by atoms with van der Waals surface area (Å²) in [6.07, 6.45) is 2.95. The Morgan fingerprint density at radius 2 is 2.00 bits per heavy atom. The highest BCUT2D eigenvalue weighted by molar-refractivity contribution is 5.87. The van der Waals surface area contributed by atoms with Gasteiger partial charge in [-0.3, -0.25) is 9.59 Å². The lowest BCUT2D eigenvalue weighted by Gasteiger charge is -2.46. The first kappa shape index (κ1) is 7.77. The molecule has 1 aliphatic heterocycles. The Bertz CT molecular complexity index is 239. The number of likely N-dealkylation sites (tertiary alicyclic amines) is 1. The maximum absolute atomic E-state index is 11.1. The van der Waals surface area contributed by atoms with Gasteiger partial charge in [0.15, 0.2) is 0 Å². The molecule has 1 saturated heterocycles. The van der Waals surface area contributed by atoms with E-state index in [0.717, 1.165) is 13.0 Å². The first-order valence-corrected chi connectivity index (χ1v) is 4.37. The smallest absolute Gasteiger partial charge is 0.222 e. The minimum atomic E-state index is 0.180. The molecule has 1 aliphatic carbocycles. The molecule has 2 rings (SSSR count). The second-order valence-electron chi connectivity index (χ2n) is 4.14. The minimum absolute atomic E-state index is 0.180. The van der Waals surface area contributed by atoms with Crippen LogP contribution in [0.3, 0.4) is 0 Å². The zero-order valence-electron chi connectivity index (χ0n) is 7.30. The zero-order valence-corrected chi connectivity index (χ0v) is 7.30. The number of hydrogen-bond acceptors (Lipinski definition) is 2. The summed E-state index contributed by atoms with van der Waals surface area (Å²) in [5, 5.41) is 0. The van der Waals surface area contributed by atoms with Gasteiger partial charge in [-0.05, 0) is 6.42 Å². The quantitative estimate of drug-likeness (QED) is 0.529. The maximum Gasteiger partial charge on any atom is 0.222 e. The monoisotopic (exact) mass is 167 g/mol. The summed E-state index contributed by atoms with van der Waals surface area (Å²) in [5.41, 5.74) is 0.180. The third-order valence-corrected chi connectivity index (χ3v) is 3.01. The third kappa shape index (κ3) is 1.04. The van der Waals surface area contributed by atoms with Crippen LogP contribution in [0.15, 0.2) is 0 Å². The number of Topliss-reactive ketones (excluding diaryl/α,β-unsaturated/α-hetero) is 1. The van der Waals surface area contributed by atoms with Gasteiger partial charge in [-0.2, -0.15) is 0 Å². The fourth-order valence-corrected chi connectivity index (χ4v) is 2.31. The summed E-state index contributed by atoms with van der Waals surface area (Å²) in [4.78, 5) is 23.8. The summed E-state index contributed by atoms with van der Waals surface area (Å²) in [6.45, 7) is 0.789. The second-order valence-corrected chi connectivity index (χ2v) is 4.14. The second kappa shape index (κ2) is 2.31. The van der Waals surface area contributed by atoms with E-state index in [1.165, 1.54) is 0 Å². The highest BCUT2D eigenvalue weighted by Gasteiger charge is 2.46. The molecule has 3 heteroatoms. The normalized spacial score (nSPS) is 27.6. The number of hydrogen-bond donors (Lipinski definition) is 0. The van der Waals surface area contributed by atoms with Gasteiger partial charge in [0.2, 0.25) is 5.91 Å². The molecule has 1 amide bonds. The summed E-state index contributed by atoms with van der Waals surface area (Å²) in [5.74, 6) is 0.581. The number of carbonyl (C=O) groups excluding carboxylic acids is 2. The SMILES string of the molecule is CN1CC2(CCC1=O)CC(=O)C2. The summed E-state index contributed by atoms with van der Waals surface area (Å²) in [6, 6.07) is 0. The van der Waals surface area contributed by atoms with Crippen LogP contribution in [0.5, 0.6) is 0 Å². The molecular weight excluding hydrogens is 154 g/mol. The average molecular weight is 167 g/mol. The van der Waals surface area contributed by atoms with E-state index < -0.39 is 0 Å². The van der Waals surface area contributed by atoms with Gasteiger partial charge in [0.1, 0.15) is 5.78 Å². The maximum atomic E-state index is 11.1. The van der Waals surface area contributed by atoms with Crippen LogP contribution in [0, 0.1) is 5.41 Å². The first-order valence-electron chi connectivity index (χ1n) is 4.37. The van der Waals surface area contributed by atoms with Crippen molar-refractivity contribution in [2.45, 2.75) is 25.7 Å². The van der Waals surface area contributed by atoms with Gasteiger partial charge in [0.05, 0.1) is 0 Å². The van der Waals surface area contributed by atoms with Crippen LogP contribution in [0.2, 0.25) is 0 Å². The molecule has 1 saturated carbocycles. The molecule has 0 bridgehead atoms. The van der Waals surface area contributed by atoms with Crippen LogP contribution in [0.25, 0.3) is 0 Å². The average Bonchev–Trinajstić information content (AvgIpc) is 1.95. The Morgan fingerprint density at radius 3 is 2.50 bits per heavy atom. The number of nitrogens with zero attached hydrogens (tertiary/aromatic N) is 1. The summed E-state index contributed by atoms with van der Waals surface area (Å²) in [7, 11) is 1.83. The van der Waals surface area contributed by atoms with Gasteiger partial charge in [-0.15, -0.1) is 0 Å². The Kier molecular flexibility index (Phi) is 1.50. The van der Waals surface area contributed by atoms with E-state index in [9.17, 15) is 9.59 Å². The number of ketones is 1. The van der Waals surface area contributed by atoms with E-state index in [-0.39, 0.29) is 11.3 Å². The number of piperidine rings is 1. The highest BCUT2D eigenvalue weighted by Crippen LogP contribution is 2.44. The van der Waals surface area contributed by atoms with Gasteiger partial charge >= 0.3 is 0 Å². The molecule has 1 spiro atoms. The molecule has 12 heavy (non-hydrogen) atoms. The van der Waals surface area contributed by atoms with Gasteiger partial charge < -0.3 is 4.90 Å². The van der Waals surface area contributed by atoms with E-state index in [1.54, 1.807) is 4.90 Å². The topological polar surface area (TPSA) is 37.4 Å². The lowest BCUT2D eigenvalue weighted by atomic mass is 9.63. The van der Waals surface area contributed by atoms with Crippen LogP contribution < -0.4 is 0 Å². The van der Waals surface area contributed by atoms with Gasteiger partial charge in [-0.25, -0.2) is 0 Å². The summed E-state index contributed by atoms with van der Waals surface area (Å²) < 4.78 is 0. The zero-order chi connectivity index (χ0) is 8.77. The predicted octanol–water partition coefficient (Wildman–Crippen LogP) is 0.588. The summed E-state index contributed by atoms with van der Waals surface area (Å²) >= 11 is 0. The molecule has 66 valence electrons. The molecule has 0 aromatic carbocycles. The predicted molar refractivity (Wildman–Crippen MR) is 43.5 cm³/mol. The van der Waals surface area contributed by atoms with E-state index in [4.69, 9.17) is 0 Å². The van der Waals surface area contributed by atoms with Crippen molar-refractivity contribution in [2.75, 3.05) is 13.6 Å². The molecule has 0 radical (unpaired) electrons. The molecule has 0 aromatic heterocycles. The van der Waals surface area contributed by atoms with Crippen molar-refractivity contribution in [3.8, 4) is 0 Å². The standard InChI is InChI=1S/C9H13NO2/c1-10-6-9(3-2-8(10)12)4-7(11)5-9/h2-6H2,1H3. The van der Waals surface area contributed by atoms with Crippen LogP contribution in [-0.2, 0) is 9.59 Å². The van der Waals surface area contributed by atoms with Crippen LogP contribution in [0.1, 0.15) is 25.7 Å². The fraction of sp³-hybridized carbons (Fsp3) is 0.778. The lowest BCUT2D eigenvalue weighted by Crippen LogP contribution is -2.51. The molecule has 1 heterocycles. The van der Waals surface area contributed by atoms with E-state index >= 15 is 0 Å². The van der Waals surface area contributed by atoms with E-state index in [1.807, 2.05) is 7.05 Å². The van der Waals surface area contributed by atoms with Crippen molar-refractivity contribution >= 4 is 11.7 Å². The van der Waals surface area contributed by atoms with E-state index in [0.29, 0.717) is 25.0 Å².